The molecule has 2 rings (SSSR count). The van der Waals surface area contributed by atoms with Crippen LogP contribution in [0.15, 0.2) is 23.5 Å². The minimum Gasteiger partial charge on any atom is -0.409 e. The Kier molecular flexibility index (Phi) is 2.94. The summed E-state index contributed by atoms with van der Waals surface area (Å²) in [6.07, 6.45) is 4.18. The third-order valence-corrected chi connectivity index (χ3v) is 2.77. The molecule has 0 aliphatic heterocycles. The maximum Gasteiger partial charge on any atom is 0.188 e. The first-order valence-corrected chi connectivity index (χ1v) is 5.47. The van der Waals surface area contributed by atoms with Gasteiger partial charge in [0, 0.05) is 24.5 Å². The number of pyridine rings is 1. The average molecular weight is 220 g/mol. The molecule has 3 N–H and O–H groups in total. The smallest absolute Gasteiger partial charge is 0.188 e. The fraction of sp³-hybridized carbons (Fsp3) is 0.455. The summed E-state index contributed by atoms with van der Waals surface area (Å²) in [5.74, 6) is 0.0497. The summed E-state index contributed by atoms with van der Waals surface area (Å²) >= 11 is 0. The molecule has 1 heterocycles. The molecule has 1 aliphatic carbocycles. The molecule has 1 aliphatic rings. The van der Waals surface area contributed by atoms with Gasteiger partial charge in [0.25, 0.3) is 0 Å². The molecule has 1 aromatic heterocycles. The highest BCUT2D eigenvalue weighted by Crippen LogP contribution is 2.31. The van der Waals surface area contributed by atoms with Crippen molar-refractivity contribution in [3.8, 4) is 0 Å². The van der Waals surface area contributed by atoms with E-state index in [0.717, 1.165) is 12.2 Å². The fourth-order valence-corrected chi connectivity index (χ4v) is 1.83. The lowest BCUT2D eigenvalue weighted by molar-refractivity contribution is 0.318. The zero-order valence-corrected chi connectivity index (χ0v) is 9.30. The van der Waals surface area contributed by atoms with Crippen LogP contribution < -0.4 is 10.6 Å². The Balaban J connectivity index is 2.27. The molecule has 0 amide bonds. The van der Waals surface area contributed by atoms with Crippen molar-refractivity contribution >= 4 is 11.5 Å². The summed E-state index contributed by atoms with van der Waals surface area (Å²) in [4.78, 5) is 6.38. The quantitative estimate of drug-likeness (QED) is 0.345. The Bertz CT molecular complexity index is 401. The number of hydrogen-bond acceptors (Lipinski definition) is 4. The lowest BCUT2D eigenvalue weighted by Crippen LogP contribution is -2.25. The van der Waals surface area contributed by atoms with E-state index in [1.807, 2.05) is 12.1 Å². The van der Waals surface area contributed by atoms with E-state index in [4.69, 9.17) is 10.9 Å². The van der Waals surface area contributed by atoms with E-state index in [1.54, 1.807) is 6.20 Å². The summed E-state index contributed by atoms with van der Waals surface area (Å²) in [6.45, 7) is 3.09. The summed E-state index contributed by atoms with van der Waals surface area (Å²) in [7, 11) is 0. The Labute approximate surface area is 94.6 Å². The summed E-state index contributed by atoms with van der Waals surface area (Å²) < 4.78 is 0. The molecule has 0 unspecified atom stereocenters. The molecular weight excluding hydrogens is 204 g/mol. The van der Waals surface area contributed by atoms with Gasteiger partial charge in [-0.3, -0.25) is 4.98 Å². The normalized spacial score (nSPS) is 16.2. The predicted octanol–water partition coefficient (Wildman–Crippen LogP) is 1.16. The van der Waals surface area contributed by atoms with Gasteiger partial charge in [-0.05, 0) is 31.9 Å². The van der Waals surface area contributed by atoms with Gasteiger partial charge in [-0.2, -0.15) is 0 Å². The molecule has 5 nitrogen and oxygen atoms in total. The molecule has 0 saturated heterocycles. The lowest BCUT2D eigenvalue weighted by atomic mass is 10.2. The second-order valence-corrected chi connectivity index (χ2v) is 3.90. The molecular formula is C11H16N4O. The summed E-state index contributed by atoms with van der Waals surface area (Å²) in [5.41, 5.74) is 7.11. The molecule has 1 saturated carbocycles. The molecule has 1 aromatic rings. The van der Waals surface area contributed by atoms with Crippen LogP contribution in [0.2, 0.25) is 0 Å². The maximum atomic E-state index is 8.61. The van der Waals surface area contributed by atoms with Crippen LogP contribution in [-0.4, -0.2) is 28.6 Å². The fourth-order valence-electron chi connectivity index (χ4n) is 1.83. The van der Waals surface area contributed by atoms with Gasteiger partial charge in [-0.1, -0.05) is 5.16 Å². The third kappa shape index (κ3) is 2.08. The van der Waals surface area contributed by atoms with Crippen LogP contribution in [0.5, 0.6) is 0 Å². The molecule has 0 aromatic carbocycles. The maximum absolute atomic E-state index is 8.61. The molecule has 1 fully saturated rings. The van der Waals surface area contributed by atoms with E-state index in [9.17, 15) is 0 Å². The minimum atomic E-state index is 0.0497. The Morgan fingerprint density at radius 1 is 1.69 bits per heavy atom. The van der Waals surface area contributed by atoms with Gasteiger partial charge in [0.15, 0.2) is 5.84 Å². The molecule has 0 radical (unpaired) electrons. The second kappa shape index (κ2) is 4.38. The Morgan fingerprint density at radius 2 is 2.44 bits per heavy atom. The number of aromatic nitrogens is 1. The van der Waals surface area contributed by atoms with Crippen molar-refractivity contribution in [3.05, 3.63) is 24.0 Å². The SMILES string of the molecule is CCN(c1ccnc(C(N)=NO)c1)C1CC1. The number of rotatable bonds is 4. The van der Waals surface area contributed by atoms with E-state index in [0.29, 0.717) is 11.7 Å². The van der Waals surface area contributed by atoms with Crippen LogP contribution in [0.3, 0.4) is 0 Å². The minimum absolute atomic E-state index is 0.0497. The van der Waals surface area contributed by atoms with Crippen LogP contribution in [-0.2, 0) is 0 Å². The number of oxime groups is 1. The number of hydrogen-bond donors (Lipinski definition) is 2. The van der Waals surface area contributed by atoms with Gasteiger partial charge in [-0.15, -0.1) is 0 Å². The van der Waals surface area contributed by atoms with Gasteiger partial charge >= 0.3 is 0 Å². The standard InChI is InChI=1S/C11H16N4O/c1-2-15(8-3-4-8)9-5-6-13-10(7-9)11(12)14-16/h5-8,16H,2-4H2,1H3,(H2,12,14). The van der Waals surface area contributed by atoms with E-state index in [1.165, 1.54) is 12.8 Å². The van der Waals surface area contributed by atoms with Gasteiger partial charge in [0.2, 0.25) is 0 Å². The van der Waals surface area contributed by atoms with Crippen molar-refractivity contribution in [3.63, 3.8) is 0 Å². The van der Waals surface area contributed by atoms with E-state index >= 15 is 0 Å². The van der Waals surface area contributed by atoms with Crippen molar-refractivity contribution in [2.24, 2.45) is 10.9 Å². The predicted molar refractivity (Wildman–Crippen MR) is 62.8 cm³/mol. The topological polar surface area (TPSA) is 74.7 Å². The summed E-state index contributed by atoms with van der Waals surface area (Å²) in [6, 6.07) is 4.46. The van der Waals surface area contributed by atoms with E-state index < -0.39 is 0 Å². The van der Waals surface area contributed by atoms with Crippen LogP contribution in [0.4, 0.5) is 5.69 Å². The van der Waals surface area contributed by atoms with Crippen molar-refractivity contribution < 1.29 is 5.21 Å². The van der Waals surface area contributed by atoms with Gasteiger partial charge in [0.05, 0.1) is 0 Å². The largest absolute Gasteiger partial charge is 0.409 e. The number of nitrogens with two attached hydrogens (primary N) is 1. The first-order chi connectivity index (χ1) is 7.76. The molecule has 86 valence electrons. The molecule has 0 bridgehead atoms. The molecule has 16 heavy (non-hydrogen) atoms. The lowest BCUT2D eigenvalue weighted by Gasteiger charge is -2.22. The first-order valence-electron chi connectivity index (χ1n) is 5.47. The number of amidine groups is 1. The van der Waals surface area contributed by atoms with Gasteiger partial charge in [0.1, 0.15) is 5.69 Å². The van der Waals surface area contributed by atoms with Crippen molar-refractivity contribution in [1.82, 2.24) is 4.98 Å². The number of nitrogens with zero attached hydrogens (tertiary/aromatic N) is 3. The Hall–Kier alpha value is -1.78. The Morgan fingerprint density at radius 3 is 3.00 bits per heavy atom. The zero-order chi connectivity index (χ0) is 11.5. The van der Waals surface area contributed by atoms with Gasteiger partial charge in [-0.25, -0.2) is 0 Å². The number of anilines is 1. The average Bonchev–Trinajstić information content (AvgIpc) is 3.14. The van der Waals surface area contributed by atoms with Gasteiger partial charge < -0.3 is 15.8 Å². The van der Waals surface area contributed by atoms with Crippen molar-refractivity contribution in [2.75, 3.05) is 11.4 Å². The highest BCUT2D eigenvalue weighted by atomic mass is 16.4. The monoisotopic (exact) mass is 220 g/mol. The van der Waals surface area contributed by atoms with Crippen molar-refractivity contribution in [2.45, 2.75) is 25.8 Å². The highest BCUT2D eigenvalue weighted by Gasteiger charge is 2.28. The first kappa shape index (κ1) is 10.7. The zero-order valence-electron chi connectivity index (χ0n) is 9.30. The van der Waals surface area contributed by atoms with Crippen LogP contribution in [0.25, 0.3) is 0 Å². The van der Waals surface area contributed by atoms with Crippen molar-refractivity contribution in [1.29, 1.82) is 0 Å². The summed E-state index contributed by atoms with van der Waals surface area (Å²) in [5, 5.41) is 11.6. The molecule has 5 heteroatoms. The van der Waals surface area contributed by atoms with E-state index in [2.05, 4.69) is 22.0 Å². The molecule has 0 atom stereocenters. The van der Waals surface area contributed by atoms with E-state index in [-0.39, 0.29) is 5.84 Å². The van der Waals surface area contributed by atoms with Crippen LogP contribution >= 0.6 is 0 Å². The van der Waals surface area contributed by atoms with Crippen LogP contribution in [0.1, 0.15) is 25.5 Å². The molecule has 0 spiro atoms. The third-order valence-electron chi connectivity index (χ3n) is 2.77. The second-order valence-electron chi connectivity index (χ2n) is 3.90. The van der Waals surface area contributed by atoms with Crippen LogP contribution in [0, 0.1) is 0 Å². The highest BCUT2D eigenvalue weighted by molar-refractivity contribution is 5.95.